The molecule has 1 amide bonds. The van der Waals surface area contributed by atoms with Gasteiger partial charge in [-0.25, -0.2) is 4.39 Å². The second-order valence-electron chi connectivity index (χ2n) is 9.19. The predicted octanol–water partition coefficient (Wildman–Crippen LogP) is 6.25. The average molecular weight is 583 g/mol. The summed E-state index contributed by atoms with van der Waals surface area (Å²) < 4.78 is 107. The fraction of sp³-hybridized carbons (Fsp3) is 0.321. The SMILES string of the molecule is CCC(F)(F)Oc1ccc(C2(c3ccc(OC(F)(F)F)cc3)Oc3cc(F)c(C(=O)N4CCOCC4)cc3O2)cc1. The molecular weight excluding hydrogens is 560 g/mol. The molecule has 0 radical (unpaired) electrons. The molecule has 2 aliphatic heterocycles. The highest BCUT2D eigenvalue weighted by Crippen LogP contribution is 2.49. The molecule has 0 spiro atoms. The molecule has 2 aliphatic rings. The Morgan fingerprint density at radius 1 is 0.854 bits per heavy atom. The number of fused-ring (bicyclic) bond motifs is 1. The van der Waals surface area contributed by atoms with E-state index < -0.39 is 42.2 Å². The molecule has 1 atom stereocenters. The molecule has 0 bridgehead atoms. The Labute approximate surface area is 230 Å². The minimum absolute atomic E-state index is 0.0172. The van der Waals surface area contributed by atoms with Crippen LogP contribution in [-0.4, -0.2) is 49.6 Å². The molecular formula is C28H23F6NO6. The number of carbonyl (C=O) groups excluding carboxylic acids is 1. The maximum absolute atomic E-state index is 15.1. The molecule has 0 saturated carbocycles. The van der Waals surface area contributed by atoms with Crippen LogP contribution >= 0.6 is 0 Å². The van der Waals surface area contributed by atoms with E-state index >= 15 is 4.39 Å². The Bertz CT molecular complexity index is 1410. The fourth-order valence-corrected chi connectivity index (χ4v) is 4.39. The van der Waals surface area contributed by atoms with Gasteiger partial charge in [0.25, 0.3) is 5.91 Å². The number of benzene rings is 3. The number of amides is 1. The predicted molar refractivity (Wildman–Crippen MR) is 131 cm³/mol. The Morgan fingerprint density at radius 2 is 1.37 bits per heavy atom. The van der Waals surface area contributed by atoms with Gasteiger partial charge >= 0.3 is 18.3 Å². The van der Waals surface area contributed by atoms with Gasteiger partial charge in [-0.1, -0.05) is 6.92 Å². The number of hydrogen-bond acceptors (Lipinski definition) is 6. The Kier molecular flexibility index (Phi) is 7.41. The molecule has 2 heterocycles. The highest BCUT2D eigenvalue weighted by Gasteiger charge is 2.47. The van der Waals surface area contributed by atoms with Crippen LogP contribution in [0, 0.1) is 5.82 Å². The van der Waals surface area contributed by atoms with Crippen LogP contribution in [0.4, 0.5) is 26.3 Å². The summed E-state index contributed by atoms with van der Waals surface area (Å²) in [4.78, 5) is 14.4. The lowest BCUT2D eigenvalue weighted by molar-refractivity contribution is -0.274. The van der Waals surface area contributed by atoms with Crippen LogP contribution in [0.2, 0.25) is 0 Å². The lowest BCUT2D eigenvalue weighted by Gasteiger charge is -2.29. The summed E-state index contributed by atoms with van der Waals surface area (Å²) in [5, 5.41) is 0. The van der Waals surface area contributed by atoms with Crippen LogP contribution in [0.3, 0.4) is 0 Å². The summed E-state index contributed by atoms with van der Waals surface area (Å²) in [6.07, 6.45) is -8.90. The van der Waals surface area contributed by atoms with E-state index in [0.717, 1.165) is 18.2 Å². The first-order valence-corrected chi connectivity index (χ1v) is 12.5. The van der Waals surface area contributed by atoms with Gasteiger partial charge in [0.15, 0.2) is 11.5 Å². The van der Waals surface area contributed by atoms with Crippen molar-refractivity contribution >= 4 is 5.91 Å². The van der Waals surface area contributed by atoms with Crippen molar-refractivity contribution in [1.29, 1.82) is 0 Å². The van der Waals surface area contributed by atoms with Crippen LogP contribution in [0.1, 0.15) is 34.8 Å². The van der Waals surface area contributed by atoms with Crippen LogP contribution in [0.25, 0.3) is 0 Å². The number of nitrogens with zero attached hydrogens (tertiary/aromatic N) is 1. The van der Waals surface area contributed by atoms with Gasteiger partial charge in [0.1, 0.15) is 17.3 Å². The normalized spacial score (nSPS) is 18.8. The van der Waals surface area contributed by atoms with E-state index in [0.29, 0.717) is 13.2 Å². The molecule has 0 N–H and O–H groups in total. The minimum Gasteiger partial charge on any atom is -0.440 e. The molecule has 0 aliphatic carbocycles. The molecule has 0 aromatic heterocycles. The number of alkyl halides is 5. The molecule has 7 nitrogen and oxygen atoms in total. The monoisotopic (exact) mass is 583 g/mol. The van der Waals surface area contributed by atoms with Gasteiger partial charge < -0.3 is 28.6 Å². The second kappa shape index (κ2) is 10.7. The topological polar surface area (TPSA) is 66.5 Å². The van der Waals surface area contributed by atoms with Crippen molar-refractivity contribution in [2.75, 3.05) is 26.3 Å². The number of rotatable bonds is 7. The highest BCUT2D eigenvalue weighted by molar-refractivity contribution is 5.95. The van der Waals surface area contributed by atoms with E-state index in [1.807, 2.05) is 0 Å². The lowest BCUT2D eigenvalue weighted by atomic mass is 9.97. The van der Waals surface area contributed by atoms with E-state index in [2.05, 4.69) is 4.74 Å². The van der Waals surface area contributed by atoms with Crippen molar-refractivity contribution in [3.05, 3.63) is 83.2 Å². The van der Waals surface area contributed by atoms with Crippen molar-refractivity contribution in [3.8, 4) is 23.0 Å². The molecule has 1 saturated heterocycles. The van der Waals surface area contributed by atoms with E-state index in [1.54, 1.807) is 0 Å². The number of carbonyl (C=O) groups is 1. The molecule has 3 aromatic rings. The summed E-state index contributed by atoms with van der Waals surface area (Å²) in [5.41, 5.74) is 0.105. The number of morpholine rings is 1. The number of halogens is 6. The fourth-order valence-electron chi connectivity index (χ4n) is 4.39. The Hall–Kier alpha value is -4.13. The van der Waals surface area contributed by atoms with Gasteiger partial charge in [-0.3, -0.25) is 4.79 Å². The maximum Gasteiger partial charge on any atom is 0.573 e. The summed E-state index contributed by atoms with van der Waals surface area (Å²) in [7, 11) is 0. The van der Waals surface area contributed by atoms with Crippen molar-refractivity contribution in [3.63, 3.8) is 0 Å². The van der Waals surface area contributed by atoms with Crippen molar-refractivity contribution < 1.29 is 54.8 Å². The standard InChI is InChI=1S/C28H23F6NO6/c1-2-26(30,31)38-19-7-3-17(4-8-19)27(18-5-9-20(10-6-18)39-28(32,33)34)40-23-15-21(22(29)16-24(23)41-27)25(36)35-11-13-37-14-12-35/h3-10,15-16H,2,11-14H2,1H3. The van der Waals surface area contributed by atoms with E-state index in [4.69, 9.17) is 18.9 Å². The molecule has 3 aromatic carbocycles. The maximum atomic E-state index is 15.1. The summed E-state index contributed by atoms with van der Waals surface area (Å²) in [5.74, 6) is -4.13. The average Bonchev–Trinajstić information content (AvgIpc) is 3.31. The first kappa shape index (κ1) is 28.4. The van der Waals surface area contributed by atoms with Gasteiger partial charge in [0.2, 0.25) is 0 Å². The zero-order chi connectivity index (χ0) is 29.4. The molecule has 218 valence electrons. The molecule has 1 unspecified atom stereocenters. The van der Waals surface area contributed by atoms with Crippen LogP contribution in [-0.2, 0) is 10.5 Å². The van der Waals surface area contributed by atoms with Gasteiger partial charge in [-0.15, -0.1) is 13.2 Å². The quantitative estimate of drug-likeness (QED) is 0.307. The molecule has 1 fully saturated rings. The summed E-state index contributed by atoms with van der Waals surface area (Å²) in [6, 6.07) is 11.9. The lowest BCUT2D eigenvalue weighted by Crippen LogP contribution is -2.41. The summed E-state index contributed by atoms with van der Waals surface area (Å²) >= 11 is 0. The third-order valence-corrected chi connectivity index (χ3v) is 6.45. The van der Waals surface area contributed by atoms with Gasteiger partial charge in [0.05, 0.1) is 18.8 Å². The zero-order valence-electron chi connectivity index (χ0n) is 21.5. The van der Waals surface area contributed by atoms with E-state index in [9.17, 15) is 26.7 Å². The van der Waals surface area contributed by atoms with E-state index in [-0.39, 0.29) is 47.0 Å². The molecule has 5 rings (SSSR count). The molecule has 41 heavy (non-hydrogen) atoms. The number of hydrogen-bond donors (Lipinski definition) is 0. The Balaban J connectivity index is 1.52. The Morgan fingerprint density at radius 3 is 1.88 bits per heavy atom. The molecule has 13 heteroatoms. The summed E-state index contributed by atoms with van der Waals surface area (Å²) in [6.45, 7) is 2.41. The first-order valence-electron chi connectivity index (χ1n) is 12.5. The van der Waals surface area contributed by atoms with Gasteiger partial charge in [-0.05, 0) is 54.6 Å². The van der Waals surface area contributed by atoms with Crippen molar-refractivity contribution in [1.82, 2.24) is 4.90 Å². The smallest absolute Gasteiger partial charge is 0.440 e. The highest BCUT2D eigenvalue weighted by atomic mass is 19.4. The van der Waals surface area contributed by atoms with Crippen molar-refractivity contribution in [2.24, 2.45) is 0 Å². The first-order chi connectivity index (χ1) is 19.4. The van der Waals surface area contributed by atoms with Crippen LogP contribution in [0.15, 0.2) is 60.7 Å². The van der Waals surface area contributed by atoms with Gasteiger partial charge in [0, 0.05) is 36.7 Å². The third-order valence-electron chi connectivity index (χ3n) is 6.45. The zero-order valence-corrected chi connectivity index (χ0v) is 21.5. The van der Waals surface area contributed by atoms with E-state index in [1.165, 1.54) is 54.3 Å². The van der Waals surface area contributed by atoms with Gasteiger partial charge in [-0.2, -0.15) is 8.78 Å². The third kappa shape index (κ3) is 5.99. The second-order valence-corrected chi connectivity index (χ2v) is 9.19. The minimum atomic E-state index is -4.92. The largest absolute Gasteiger partial charge is 0.573 e. The van der Waals surface area contributed by atoms with Crippen LogP contribution < -0.4 is 18.9 Å². The van der Waals surface area contributed by atoms with Crippen LogP contribution in [0.5, 0.6) is 23.0 Å². The van der Waals surface area contributed by atoms with Crippen molar-refractivity contribution in [2.45, 2.75) is 31.6 Å². The number of ether oxygens (including phenoxy) is 5.